The van der Waals surface area contributed by atoms with Crippen LogP contribution in [0.15, 0.2) is 48.5 Å². The molecule has 0 unspecified atom stereocenters. The number of unbranched alkanes of at least 4 members (excludes halogenated alkanes) is 1. The number of nitrogens with one attached hydrogen (secondary N) is 1. The number of methoxy groups -OCH3 is 1. The van der Waals surface area contributed by atoms with Crippen LogP contribution >= 0.6 is 0 Å². The number of para-hydroxylation sites is 1. The van der Waals surface area contributed by atoms with Crippen LogP contribution in [0, 0.1) is 0 Å². The number of carbonyl (C=O) groups excluding carboxylic acids is 1. The van der Waals surface area contributed by atoms with Crippen LogP contribution < -0.4 is 10.1 Å². The van der Waals surface area contributed by atoms with Crippen LogP contribution in [0.2, 0.25) is 0 Å². The van der Waals surface area contributed by atoms with Crippen molar-refractivity contribution in [3.05, 3.63) is 54.1 Å². The first kappa shape index (κ1) is 17.9. The maximum absolute atomic E-state index is 12.9. The van der Waals surface area contributed by atoms with Crippen LogP contribution in [-0.4, -0.2) is 31.0 Å². The van der Waals surface area contributed by atoms with Crippen LogP contribution in [0.3, 0.4) is 0 Å². The van der Waals surface area contributed by atoms with Gasteiger partial charge in [-0.2, -0.15) is 0 Å². The molecule has 4 heteroatoms. The summed E-state index contributed by atoms with van der Waals surface area (Å²) >= 11 is 0. The molecule has 2 aromatic rings. The second kappa shape index (κ2) is 8.96. The molecule has 0 bridgehead atoms. The molecule has 0 aliphatic heterocycles. The van der Waals surface area contributed by atoms with Gasteiger partial charge >= 0.3 is 0 Å². The molecule has 0 aliphatic carbocycles. The van der Waals surface area contributed by atoms with Crippen LogP contribution in [0.1, 0.15) is 37.0 Å². The summed E-state index contributed by atoms with van der Waals surface area (Å²) in [6, 6.07) is 15.3. The maximum Gasteiger partial charge on any atom is 0.255 e. The molecule has 0 radical (unpaired) electrons. The Morgan fingerprint density at radius 3 is 2.42 bits per heavy atom. The zero-order chi connectivity index (χ0) is 17.4. The zero-order valence-electron chi connectivity index (χ0n) is 14.7. The largest absolute Gasteiger partial charge is 0.497 e. The van der Waals surface area contributed by atoms with E-state index in [-0.39, 0.29) is 5.91 Å². The van der Waals surface area contributed by atoms with Crippen molar-refractivity contribution < 1.29 is 9.53 Å². The first-order chi connectivity index (χ1) is 11.7. The summed E-state index contributed by atoms with van der Waals surface area (Å²) < 4.78 is 5.18. The van der Waals surface area contributed by atoms with Gasteiger partial charge in [0.05, 0.1) is 18.4 Å². The van der Waals surface area contributed by atoms with E-state index in [1.165, 1.54) is 0 Å². The lowest BCUT2D eigenvalue weighted by Crippen LogP contribution is -2.32. The average Bonchev–Trinajstić information content (AvgIpc) is 2.63. The predicted molar refractivity (Wildman–Crippen MR) is 99.2 cm³/mol. The van der Waals surface area contributed by atoms with Gasteiger partial charge in [-0.05, 0) is 49.7 Å². The van der Waals surface area contributed by atoms with Crippen LogP contribution in [0.25, 0.3) is 0 Å². The predicted octanol–water partition coefficient (Wildman–Crippen LogP) is 4.70. The van der Waals surface area contributed by atoms with E-state index in [0.717, 1.165) is 43.1 Å². The zero-order valence-corrected chi connectivity index (χ0v) is 14.7. The van der Waals surface area contributed by atoms with E-state index in [0.29, 0.717) is 5.56 Å². The van der Waals surface area contributed by atoms with Crippen molar-refractivity contribution in [1.29, 1.82) is 0 Å². The van der Waals surface area contributed by atoms with Gasteiger partial charge in [0.25, 0.3) is 5.91 Å². The average molecular weight is 326 g/mol. The molecule has 0 atom stereocenters. The molecule has 0 saturated carbocycles. The summed E-state index contributed by atoms with van der Waals surface area (Å²) in [7, 11) is 1.64. The Hall–Kier alpha value is -2.49. The highest BCUT2D eigenvalue weighted by Crippen LogP contribution is 2.24. The topological polar surface area (TPSA) is 41.6 Å². The van der Waals surface area contributed by atoms with Gasteiger partial charge < -0.3 is 15.0 Å². The van der Waals surface area contributed by atoms with Crippen molar-refractivity contribution in [2.24, 2.45) is 0 Å². The van der Waals surface area contributed by atoms with E-state index >= 15 is 0 Å². The third-order valence-corrected chi connectivity index (χ3v) is 3.98. The SMILES string of the molecule is CCCCN(CC)C(=O)c1ccccc1Nc1ccc(OC)cc1. The highest BCUT2D eigenvalue weighted by Gasteiger charge is 2.17. The smallest absolute Gasteiger partial charge is 0.255 e. The molecule has 0 heterocycles. The highest BCUT2D eigenvalue weighted by molar-refractivity contribution is 6.00. The van der Waals surface area contributed by atoms with Gasteiger partial charge in [0.1, 0.15) is 5.75 Å². The lowest BCUT2D eigenvalue weighted by molar-refractivity contribution is 0.0763. The summed E-state index contributed by atoms with van der Waals surface area (Å²) in [5.74, 6) is 0.879. The molecule has 0 spiro atoms. The Balaban J connectivity index is 2.20. The van der Waals surface area contributed by atoms with Crippen molar-refractivity contribution in [3.63, 3.8) is 0 Å². The van der Waals surface area contributed by atoms with Crippen LogP contribution in [-0.2, 0) is 0 Å². The monoisotopic (exact) mass is 326 g/mol. The minimum atomic E-state index is 0.0718. The number of benzene rings is 2. The molecule has 1 amide bonds. The number of ether oxygens (including phenoxy) is 1. The van der Waals surface area contributed by atoms with Crippen molar-refractivity contribution >= 4 is 17.3 Å². The Morgan fingerprint density at radius 1 is 1.08 bits per heavy atom. The summed E-state index contributed by atoms with van der Waals surface area (Å²) in [4.78, 5) is 14.8. The van der Waals surface area contributed by atoms with Crippen LogP contribution in [0.4, 0.5) is 11.4 Å². The minimum absolute atomic E-state index is 0.0718. The Labute approximate surface area is 144 Å². The Morgan fingerprint density at radius 2 is 1.79 bits per heavy atom. The van der Waals surface area contributed by atoms with E-state index in [9.17, 15) is 4.79 Å². The van der Waals surface area contributed by atoms with Gasteiger partial charge in [0, 0.05) is 18.8 Å². The molecule has 1 N–H and O–H groups in total. The van der Waals surface area contributed by atoms with Gasteiger partial charge in [0.2, 0.25) is 0 Å². The van der Waals surface area contributed by atoms with Crippen molar-refractivity contribution in [1.82, 2.24) is 4.90 Å². The second-order valence-corrected chi connectivity index (χ2v) is 5.64. The molecule has 0 aliphatic rings. The maximum atomic E-state index is 12.9. The molecule has 2 rings (SSSR count). The first-order valence-electron chi connectivity index (χ1n) is 8.49. The first-order valence-corrected chi connectivity index (χ1v) is 8.49. The lowest BCUT2D eigenvalue weighted by atomic mass is 10.1. The lowest BCUT2D eigenvalue weighted by Gasteiger charge is -2.22. The summed E-state index contributed by atoms with van der Waals surface area (Å²) in [5, 5.41) is 3.34. The van der Waals surface area contributed by atoms with Gasteiger partial charge in [-0.3, -0.25) is 4.79 Å². The number of amides is 1. The summed E-state index contributed by atoms with van der Waals surface area (Å²) in [6.07, 6.45) is 2.10. The summed E-state index contributed by atoms with van der Waals surface area (Å²) in [6.45, 7) is 5.67. The van der Waals surface area contributed by atoms with Gasteiger partial charge in [0.15, 0.2) is 0 Å². The molecular formula is C20H26N2O2. The normalized spacial score (nSPS) is 10.3. The van der Waals surface area contributed by atoms with Gasteiger partial charge in [-0.1, -0.05) is 25.5 Å². The van der Waals surface area contributed by atoms with E-state index in [1.54, 1.807) is 7.11 Å². The molecule has 24 heavy (non-hydrogen) atoms. The number of anilines is 2. The fourth-order valence-electron chi connectivity index (χ4n) is 2.53. The molecule has 0 aromatic heterocycles. The van der Waals surface area contributed by atoms with E-state index in [2.05, 4.69) is 12.2 Å². The van der Waals surface area contributed by atoms with E-state index < -0.39 is 0 Å². The van der Waals surface area contributed by atoms with Crippen molar-refractivity contribution in [3.8, 4) is 5.75 Å². The standard InChI is InChI=1S/C20H26N2O2/c1-4-6-15-22(5-2)20(23)18-9-7-8-10-19(18)21-16-11-13-17(24-3)14-12-16/h7-14,21H,4-6,15H2,1-3H3. The van der Waals surface area contributed by atoms with Crippen LogP contribution in [0.5, 0.6) is 5.75 Å². The molecular weight excluding hydrogens is 300 g/mol. The highest BCUT2D eigenvalue weighted by atomic mass is 16.5. The Bertz CT molecular complexity index is 653. The fraction of sp³-hybridized carbons (Fsp3) is 0.350. The molecule has 4 nitrogen and oxygen atoms in total. The van der Waals surface area contributed by atoms with Gasteiger partial charge in [-0.25, -0.2) is 0 Å². The fourth-order valence-corrected chi connectivity index (χ4v) is 2.53. The number of hydrogen-bond acceptors (Lipinski definition) is 3. The molecule has 0 saturated heterocycles. The second-order valence-electron chi connectivity index (χ2n) is 5.64. The number of hydrogen-bond donors (Lipinski definition) is 1. The third kappa shape index (κ3) is 4.51. The Kier molecular flexibility index (Phi) is 6.67. The minimum Gasteiger partial charge on any atom is -0.497 e. The summed E-state index contributed by atoms with van der Waals surface area (Å²) in [5.41, 5.74) is 2.45. The third-order valence-electron chi connectivity index (χ3n) is 3.98. The van der Waals surface area contributed by atoms with Gasteiger partial charge in [-0.15, -0.1) is 0 Å². The number of rotatable bonds is 8. The van der Waals surface area contributed by atoms with Crippen molar-refractivity contribution in [2.45, 2.75) is 26.7 Å². The molecule has 128 valence electrons. The van der Waals surface area contributed by atoms with E-state index in [1.807, 2.05) is 60.4 Å². The number of carbonyl (C=O) groups is 1. The quantitative estimate of drug-likeness (QED) is 0.764. The van der Waals surface area contributed by atoms with Crippen molar-refractivity contribution in [2.75, 3.05) is 25.5 Å². The molecule has 2 aromatic carbocycles. The van der Waals surface area contributed by atoms with E-state index in [4.69, 9.17) is 4.74 Å². The molecule has 0 fully saturated rings. The number of nitrogens with zero attached hydrogens (tertiary/aromatic N) is 1.